The molecule has 1 radical (unpaired) electrons. The summed E-state index contributed by atoms with van der Waals surface area (Å²) in [6, 6.07) is 0. The number of hydrogen-bond donors (Lipinski definition) is 0. The molecular weight excluding hydrogens is 220 g/mol. The Kier molecular flexibility index (Phi) is 17900. The van der Waals surface area contributed by atoms with Crippen LogP contribution in [0.25, 0.3) is 0 Å². The van der Waals surface area contributed by atoms with Crippen molar-refractivity contribution in [3.8, 4) is 0 Å². The van der Waals surface area contributed by atoms with Crippen LogP contribution in [0.5, 0.6) is 0 Å². The van der Waals surface area contributed by atoms with Gasteiger partial charge in [-0.2, -0.15) is 0 Å². The molecule has 0 unspecified atom stereocenters. The van der Waals surface area contributed by atoms with Crippen molar-refractivity contribution in [2.24, 2.45) is 0 Å². The average Bonchev–Trinajstić information content (AvgIpc) is 0. The van der Waals surface area contributed by atoms with E-state index in [0.29, 0.717) is 0 Å². The van der Waals surface area contributed by atoms with Gasteiger partial charge in [-0.25, -0.2) is 0 Å². The van der Waals surface area contributed by atoms with Crippen LogP contribution in [-0.2, 0) is 32.7 Å². The molecule has 0 saturated carbocycles. The van der Waals surface area contributed by atoms with Crippen LogP contribution < -0.4 is 0 Å². The van der Waals surface area contributed by atoms with Crippen molar-refractivity contribution in [1.29, 1.82) is 0 Å². The molecular formula is H13ClO6Y. The van der Waals surface area contributed by atoms with Crippen LogP contribution in [0.15, 0.2) is 0 Å². The van der Waals surface area contributed by atoms with Gasteiger partial charge in [0, 0.05) is 32.7 Å². The smallest absolute Gasteiger partial charge is 0 e. The molecule has 0 fully saturated rings. The molecule has 0 aliphatic rings. The molecule has 0 aliphatic carbocycles. The third kappa shape index (κ3) is 203. The van der Waals surface area contributed by atoms with Crippen molar-refractivity contribution in [3.63, 3.8) is 0 Å². The fraction of sp³-hybridized carbons (Fsp3) is 0. The summed E-state index contributed by atoms with van der Waals surface area (Å²) in [5, 5.41) is 0. The van der Waals surface area contributed by atoms with Crippen molar-refractivity contribution in [2.75, 3.05) is 0 Å². The maximum absolute atomic E-state index is 0. The molecule has 6 nitrogen and oxygen atoms in total. The van der Waals surface area contributed by atoms with E-state index in [2.05, 4.69) is 0 Å². The van der Waals surface area contributed by atoms with Gasteiger partial charge in [-0.3, -0.25) is 0 Å². The van der Waals surface area contributed by atoms with Crippen LogP contribution >= 0.6 is 12.4 Å². The van der Waals surface area contributed by atoms with Crippen molar-refractivity contribution < 1.29 is 65.6 Å². The van der Waals surface area contributed by atoms with Crippen LogP contribution in [0.3, 0.4) is 0 Å². The van der Waals surface area contributed by atoms with Gasteiger partial charge in [0.1, 0.15) is 0 Å². The van der Waals surface area contributed by atoms with E-state index in [4.69, 9.17) is 0 Å². The molecule has 0 heterocycles. The van der Waals surface area contributed by atoms with Gasteiger partial charge in [-0.1, -0.05) is 0 Å². The Hall–Kier alpha value is 1.15. The van der Waals surface area contributed by atoms with Crippen molar-refractivity contribution in [3.05, 3.63) is 0 Å². The molecule has 0 aromatic carbocycles. The summed E-state index contributed by atoms with van der Waals surface area (Å²) in [5.41, 5.74) is 0. The SMILES string of the molecule is Cl.O.O.O.O.O.O.[Y]. The van der Waals surface area contributed by atoms with Crippen LogP contribution in [0, 0.1) is 0 Å². The predicted octanol–water partition coefficient (Wildman–Crippen LogP) is -4.53. The first kappa shape index (κ1) is 457. The molecule has 12 N–H and O–H groups in total. The van der Waals surface area contributed by atoms with Gasteiger partial charge in [-0.05, 0) is 0 Å². The fourth-order valence-electron chi connectivity index (χ4n) is 0. The van der Waals surface area contributed by atoms with E-state index in [-0.39, 0.29) is 78.0 Å². The second-order valence-electron chi connectivity index (χ2n) is 0. The Morgan fingerprint density at radius 3 is 0.375 bits per heavy atom. The van der Waals surface area contributed by atoms with Gasteiger partial charge in [0.2, 0.25) is 0 Å². The summed E-state index contributed by atoms with van der Waals surface area (Å²) in [6.45, 7) is 0. The van der Waals surface area contributed by atoms with E-state index in [1.54, 1.807) is 0 Å². The molecule has 0 spiro atoms. The van der Waals surface area contributed by atoms with Gasteiger partial charge in [0.05, 0.1) is 0 Å². The summed E-state index contributed by atoms with van der Waals surface area (Å²) in [6.07, 6.45) is 0. The first-order valence-corrected chi connectivity index (χ1v) is 0. The van der Waals surface area contributed by atoms with Gasteiger partial charge >= 0.3 is 0 Å². The first-order valence-electron chi connectivity index (χ1n) is 0. The predicted molar refractivity (Wildman–Crippen MR) is 28.9 cm³/mol. The van der Waals surface area contributed by atoms with Crippen LogP contribution in [0.2, 0.25) is 0 Å². The molecule has 0 atom stereocenters. The second-order valence-corrected chi connectivity index (χ2v) is 0. The molecule has 0 saturated heterocycles. The molecule has 8 heavy (non-hydrogen) atoms. The summed E-state index contributed by atoms with van der Waals surface area (Å²) < 4.78 is 0. The number of rotatable bonds is 0. The van der Waals surface area contributed by atoms with Crippen molar-refractivity contribution in [2.45, 2.75) is 0 Å². The zero-order chi connectivity index (χ0) is 0. The zero-order valence-corrected chi connectivity index (χ0v) is 7.64. The minimum atomic E-state index is 0. The normalized spacial score (nSPS) is 0. The van der Waals surface area contributed by atoms with Crippen molar-refractivity contribution in [1.82, 2.24) is 0 Å². The maximum atomic E-state index is 0. The summed E-state index contributed by atoms with van der Waals surface area (Å²) in [4.78, 5) is 0. The van der Waals surface area contributed by atoms with Crippen LogP contribution in [0.4, 0.5) is 0 Å². The Labute approximate surface area is 77.8 Å². The zero-order valence-electron chi connectivity index (χ0n) is 3.99. The topological polar surface area (TPSA) is 189 Å². The Morgan fingerprint density at radius 1 is 0.375 bits per heavy atom. The third-order valence-corrected chi connectivity index (χ3v) is 0. The molecule has 8 heteroatoms. The van der Waals surface area contributed by atoms with E-state index in [1.807, 2.05) is 0 Å². The van der Waals surface area contributed by atoms with E-state index in [1.165, 1.54) is 0 Å². The monoisotopic (exact) mass is 233 g/mol. The van der Waals surface area contributed by atoms with Gasteiger partial charge in [0.25, 0.3) is 0 Å². The summed E-state index contributed by atoms with van der Waals surface area (Å²) >= 11 is 0. The van der Waals surface area contributed by atoms with Crippen molar-refractivity contribution >= 4 is 12.4 Å². The van der Waals surface area contributed by atoms with Gasteiger partial charge in [0.15, 0.2) is 0 Å². The molecule has 59 valence electrons. The third-order valence-electron chi connectivity index (χ3n) is 0. The Balaban J connectivity index is 0. The number of halogens is 1. The summed E-state index contributed by atoms with van der Waals surface area (Å²) in [5.74, 6) is 0. The van der Waals surface area contributed by atoms with E-state index in [0.717, 1.165) is 0 Å². The van der Waals surface area contributed by atoms with E-state index in [9.17, 15) is 0 Å². The molecule has 0 amide bonds. The van der Waals surface area contributed by atoms with Crippen LogP contribution in [0.1, 0.15) is 0 Å². The van der Waals surface area contributed by atoms with E-state index >= 15 is 0 Å². The minimum Gasteiger partial charge on any atom is -0.412 e. The maximum Gasteiger partial charge on any atom is 0 e. The van der Waals surface area contributed by atoms with Gasteiger partial charge in [-0.15, -0.1) is 12.4 Å². The molecule has 0 rings (SSSR count). The summed E-state index contributed by atoms with van der Waals surface area (Å²) in [7, 11) is 0. The second kappa shape index (κ2) is 313. The van der Waals surface area contributed by atoms with Crippen LogP contribution in [-0.4, -0.2) is 32.9 Å². The van der Waals surface area contributed by atoms with Gasteiger partial charge < -0.3 is 32.9 Å². The first-order chi connectivity index (χ1) is 0. The average molecular weight is 233 g/mol. The number of hydrogen-bond acceptors (Lipinski definition) is 0. The largest absolute Gasteiger partial charge is 0.412 e. The standard InChI is InChI=1S/ClH.6H2O.Y/h1H;6*1H2;. The molecule has 0 bridgehead atoms. The molecule has 0 aliphatic heterocycles. The fourth-order valence-corrected chi connectivity index (χ4v) is 0. The minimum absolute atomic E-state index is 0. The Morgan fingerprint density at radius 2 is 0.375 bits per heavy atom. The molecule has 0 aromatic rings. The Bertz CT molecular complexity index is 8.49. The molecule has 0 aromatic heterocycles. The quantitative estimate of drug-likeness (QED) is 0.390. The van der Waals surface area contributed by atoms with E-state index < -0.39 is 0 Å².